The van der Waals surface area contributed by atoms with E-state index in [1.165, 1.54) is 37.9 Å². The van der Waals surface area contributed by atoms with E-state index in [0.29, 0.717) is 17.5 Å². The highest BCUT2D eigenvalue weighted by Gasteiger charge is 2.17. The molecular formula is C43H28N4. The molecule has 2 heterocycles. The Hall–Kier alpha value is -6.26. The van der Waals surface area contributed by atoms with Gasteiger partial charge in [0, 0.05) is 34.6 Å². The second kappa shape index (κ2) is 11.0. The second-order valence-corrected chi connectivity index (χ2v) is 12.0. The molecule has 2 aromatic heterocycles. The van der Waals surface area contributed by atoms with Crippen molar-refractivity contribution in [3.8, 4) is 56.4 Å². The van der Waals surface area contributed by atoms with Crippen LogP contribution in [0.25, 0.3) is 88.7 Å². The molecule has 0 amide bonds. The number of rotatable bonds is 5. The molecule has 0 aliphatic heterocycles. The number of hydrogen-bond donors (Lipinski definition) is 0. The first-order valence-electron chi connectivity index (χ1n) is 15.8. The summed E-state index contributed by atoms with van der Waals surface area (Å²) in [6, 6.07) is 49.1. The third-order valence-electron chi connectivity index (χ3n) is 9.14. The van der Waals surface area contributed by atoms with Crippen LogP contribution in [0.3, 0.4) is 0 Å². The third kappa shape index (κ3) is 4.62. The molecule has 0 atom stereocenters. The zero-order chi connectivity index (χ0) is 31.3. The SMILES string of the molecule is Cc1ccccc1-c1nc(-c2ccc(-c3ccc4ccc5cccc6ccc3c4c56)cc2)nc(-c2ccccc2-c2cccnc2)n1. The second-order valence-electron chi connectivity index (χ2n) is 12.0. The summed E-state index contributed by atoms with van der Waals surface area (Å²) in [5.74, 6) is 1.92. The molecule has 7 aromatic carbocycles. The van der Waals surface area contributed by atoms with Gasteiger partial charge in [0.25, 0.3) is 0 Å². The van der Waals surface area contributed by atoms with Gasteiger partial charge in [-0.05, 0) is 67.6 Å². The molecule has 9 rings (SSSR count). The molecule has 0 aliphatic rings. The molecule has 4 nitrogen and oxygen atoms in total. The maximum absolute atomic E-state index is 5.08. The van der Waals surface area contributed by atoms with Crippen LogP contribution in [-0.4, -0.2) is 19.9 Å². The van der Waals surface area contributed by atoms with Crippen molar-refractivity contribution in [2.24, 2.45) is 0 Å². The number of pyridine rings is 1. The molecule has 4 heteroatoms. The normalized spacial score (nSPS) is 11.5. The first-order valence-corrected chi connectivity index (χ1v) is 15.8. The molecule has 47 heavy (non-hydrogen) atoms. The zero-order valence-corrected chi connectivity index (χ0v) is 25.7. The maximum Gasteiger partial charge on any atom is 0.164 e. The summed E-state index contributed by atoms with van der Waals surface area (Å²) in [5, 5.41) is 7.71. The fourth-order valence-electron chi connectivity index (χ4n) is 6.81. The van der Waals surface area contributed by atoms with Crippen molar-refractivity contribution >= 4 is 32.3 Å². The highest BCUT2D eigenvalue weighted by molar-refractivity contribution is 6.25. The number of aryl methyl sites for hydroxylation is 1. The highest BCUT2D eigenvalue weighted by atomic mass is 15.0. The van der Waals surface area contributed by atoms with Gasteiger partial charge in [0.05, 0.1) is 0 Å². The van der Waals surface area contributed by atoms with Crippen molar-refractivity contribution in [1.82, 2.24) is 19.9 Å². The lowest BCUT2D eigenvalue weighted by atomic mass is 9.90. The smallest absolute Gasteiger partial charge is 0.164 e. The Kier molecular flexibility index (Phi) is 6.32. The van der Waals surface area contributed by atoms with E-state index < -0.39 is 0 Å². The van der Waals surface area contributed by atoms with Crippen molar-refractivity contribution in [3.05, 3.63) is 157 Å². The minimum Gasteiger partial charge on any atom is -0.264 e. The van der Waals surface area contributed by atoms with E-state index >= 15 is 0 Å². The summed E-state index contributed by atoms with van der Waals surface area (Å²) >= 11 is 0. The summed E-state index contributed by atoms with van der Waals surface area (Å²) in [5.41, 5.74) is 8.37. The van der Waals surface area contributed by atoms with Gasteiger partial charge < -0.3 is 0 Å². The molecule has 0 saturated carbocycles. The Labute approximate surface area is 272 Å². The predicted octanol–water partition coefficient (Wildman–Crippen LogP) is 10.8. The molecule has 0 aliphatic carbocycles. The van der Waals surface area contributed by atoms with E-state index in [1.54, 1.807) is 6.20 Å². The van der Waals surface area contributed by atoms with Crippen molar-refractivity contribution in [1.29, 1.82) is 0 Å². The van der Waals surface area contributed by atoms with Crippen LogP contribution in [0.1, 0.15) is 5.56 Å². The van der Waals surface area contributed by atoms with Gasteiger partial charge in [-0.15, -0.1) is 0 Å². The van der Waals surface area contributed by atoms with Gasteiger partial charge >= 0.3 is 0 Å². The molecule has 220 valence electrons. The summed E-state index contributed by atoms with van der Waals surface area (Å²) < 4.78 is 0. The van der Waals surface area contributed by atoms with Crippen molar-refractivity contribution in [3.63, 3.8) is 0 Å². The quantitative estimate of drug-likeness (QED) is 0.184. The lowest BCUT2D eigenvalue weighted by molar-refractivity contribution is 1.07. The monoisotopic (exact) mass is 600 g/mol. The van der Waals surface area contributed by atoms with Gasteiger partial charge in [-0.1, -0.05) is 133 Å². The van der Waals surface area contributed by atoms with E-state index in [2.05, 4.69) is 121 Å². The molecule has 0 spiro atoms. The van der Waals surface area contributed by atoms with Crippen molar-refractivity contribution in [2.45, 2.75) is 6.92 Å². The Morgan fingerprint density at radius 3 is 1.74 bits per heavy atom. The molecule has 0 N–H and O–H groups in total. The fraction of sp³-hybridized carbons (Fsp3) is 0.0233. The van der Waals surface area contributed by atoms with E-state index in [-0.39, 0.29) is 0 Å². The van der Waals surface area contributed by atoms with Crippen LogP contribution >= 0.6 is 0 Å². The van der Waals surface area contributed by atoms with Gasteiger partial charge in [0.1, 0.15) is 0 Å². The largest absolute Gasteiger partial charge is 0.264 e. The van der Waals surface area contributed by atoms with Crippen LogP contribution in [0, 0.1) is 6.92 Å². The van der Waals surface area contributed by atoms with Crippen LogP contribution in [0.5, 0.6) is 0 Å². The molecule has 0 fully saturated rings. The van der Waals surface area contributed by atoms with Crippen LogP contribution in [0.2, 0.25) is 0 Å². The van der Waals surface area contributed by atoms with Crippen LogP contribution in [-0.2, 0) is 0 Å². The number of benzene rings is 7. The standard InChI is InChI=1S/C43H28N4/c1-27-8-2-3-12-34(27)42-45-41(46-43(47-42)38-14-5-4-13-35(38)33-11-7-25-44-26-33)32-19-15-28(16-20-32)36-23-21-31-18-17-29-9-6-10-30-22-24-37(36)40(31)39(29)30/h2-26H,1H3. The molecule has 9 aromatic rings. The Morgan fingerprint density at radius 2 is 1.00 bits per heavy atom. The van der Waals surface area contributed by atoms with Crippen molar-refractivity contribution in [2.75, 3.05) is 0 Å². The van der Waals surface area contributed by atoms with Gasteiger partial charge in [-0.2, -0.15) is 0 Å². The van der Waals surface area contributed by atoms with Crippen LogP contribution in [0.4, 0.5) is 0 Å². The third-order valence-corrected chi connectivity index (χ3v) is 9.14. The summed E-state index contributed by atoms with van der Waals surface area (Å²) in [6.07, 6.45) is 3.66. The van der Waals surface area contributed by atoms with Gasteiger partial charge in [0.2, 0.25) is 0 Å². The number of aromatic nitrogens is 4. The summed E-state index contributed by atoms with van der Waals surface area (Å²) in [7, 11) is 0. The number of nitrogens with zero attached hydrogens (tertiary/aromatic N) is 4. The predicted molar refractivity (Wildman–Crippen MR) is 193 cm³/mol. The molecular weight excluding hydrogens is 573 g/mol. The van der Waals surface area contributed by atoms with Gasteiger partial charge in [-0.25, -0.2) is 15.0 Å². The van der Waals surface area contributed by atoms with Gasteiger partial charge in [0.15, 0.2) is 17.5 Å². The minimum atomic E-state index is 0.628. The van der Waals surface area contributed by atoms with Crippen LogP contribution < -0.4 is 0 Å². The maximum atomic E-state index is 5.08. The lowest BCUT2D eigenvalue weighted by Gasteiger charge is -2.15. The minimum absolute atomic E-state index is 0.628. The Morgan fingerprint density at radius 1 is 0.383 bits per heavy atom. The van der Waals surface area contributed by atoms with Gasteiger partial charge in [-0.3, -0.25) is 4.98 Å². The zero-order valence-electron chi connectivity index (χ0n) is 25.7. The summed E-state index contributed by atoms with van der Waals surface area (Å²) in [6.45, 7) is 2.09. The average molecular weight is 601 g/mol. The van der Waals surface area contributed by atoms with E-state index in [1.807, 2.05) is 36.5 Å². The molecule has 0 saturated heterocycles. The lowest BCUT2D eigenvalue weighted by Crippen LogP contribution is -2.02. The highest BCUT2D eigenvalue weighted by Crippen LogP contribution is 2.40. The fourth-order valence-corrected chi connectivity index (χ4v) is 6.81. The van der Waals surface area contributed by atoms with E-state index in [4.69, 9.17) is 15.0 Å². The molecule has 0 bridgehead atoms. The summed E-state index contributed by atoms with van der Waals surface area (Å²) in [4.78, 5) is 19.5. The molecule has 0 radical (unpaired) electrons. The van der Waals surface area contributed by atoms with Crippen LogP contribution in [0.15, 0.2) is 152 Å². The first-order chi connectivity index (χ1) is 23.2. The topological polar surface area (TPSA) is 51.6 Å². The average Bonchev–Trinajstić information content (AvgIpc) is 3.14. The first kappa shape index (κ1) is 27.1. The Balaban J connectivity index is 1.19. The molecule has 0 unspecified atom stereocenters. The number of hydrogen-bond acceptors (Lipinski definition) is 4. The van der Waals surface area contributed by atoms with E-state index in [0.717, 1.165) is 38.9 Å². The van der Waals surface area contributed by atoms with E-state index in [9.17, 15) is 0 Å². The van der Waals surface area contributed by atoms with Crippen molar-refractivity contribution < 1.29 is 0 Å². The Bertz CT molecular complexity index is 2560.